The Morgan fingerprint density at radius 2 is 2.00 bits per heavy atom. The molecule has 110 valence electrons. The standard InChI is InChI=1S/C14H12N6O2/c15-8-11-13(19-6-5-16-11)22-10-2-7-20(9-10)14(21)12-17-3-1-4-18-12/h1,3-6,10H,2,7,9H2/t10-/m0/s1. The lowest BCUT2D eigenvalue weighted by atomic mass is 10.3. The predicted octanol–water partition coefficient (Wildman–Crippen LogP) is 0.432. The second kappa shape index (κ2) is 6.13. The summed E-state index contributed by atoms with van der Waals surface area (Å²) < 4.78 is 5.68. The zero-order valence-electron chi connectivity index (χ0n) is 11.6. The highest BCUT2D eigenvalue weighted by atomic mass is 16.5. The molecule has 0 bridgehead atoms. The molecule has 8 nitrogen and oxygen atoms in total. The van der Waals surface area contributed by atoms with Crippen molar-refractivity contribution >= 4 is 5.91 Å². The Bertz CT molecular complexity index is 715. The molecule has 2 aromatic rings. The van der Waals surface area contributed by atoms with Crippen molar-refractivity contribution in [3.63, 3.8) is 0 Å². The van der Waals surface area contributed by atoms with Gasteiger partial charge < -0.3 is 9.64 Å². The number of aromatic nitrogens is 4. The van der Waals surface area contributed by atoms with Crippen molar-refractivity contribution in [1.29, 1.82) is 5.26 Å². The molecule has 0 saturated carbocycles. The summed E-state index contributed by atoms with van der Waals surface area (Å²) in [5.74, 6) is 0.131. The molecule has 3 heterocycles. The zero-order valence-corrected chi connectivity index (χ0v) is 11.6. The van der Waals surface area contributed by atoms with Crippen molar-refractivity contribution < 1.29 is 9.53 Å². The van der Waals surface area contributed by atoms with E-state index in [2.05, 4.69) is 19.9 Å². The Balaban J connectivity index is 1.66. The summed E-state index contributed by atoms with van der Waals surface area (Å²) in [4.78, 5) is 29.7. The number of hydrogen-bond acceptors (Lipinski definition) is 7. The van der Waals surface area contributed by atoms with Gasteiger partial charge in [-0.15, -0.1) is 0 Å². The van der Waals surface area contributed by atoms with Crippen LogP contribution in [0.1, 0.15) is 22.7 Å². The normalized spacial score (nSPS) is 17.0. The van der Waals surface area contributed by atoms with Crippen LogP contribution in [-0.2, 0) is 0 Å². The first-order valence-electron chi connectivity index (χ1n) is 6.72. The van der Waals surface area contributed by atoms with E-state index in [1.54, 1.807) is 11.0 Å². The van der Waals surface area contributed by atoms with E-state index >= 15 is 0 Å². The van der Waals surface area contributed by atoms with Gasteiger partial charge in [-0.3, -0.25) is 4.79 Å². The molecule has 0 spiro atoms. The molecule has 22 heavy (non-hydrogen) atoms. The fourth-order valence-electron chi connectivity index (χ4n) is 2.21. The smallest absolute Gasteiger partial charge is 0.291 e. The molecule has 1 aliphatic rings. The number of rotatable bonds is 3. The molecule has 0 N–H and O–H groups in total. The third-order valence-electron chi connectivity index (χ3n) is 3.24. The number of hydrogen-bond donors (Lipinski definition) is 0. The third kappa shape index (κ3) is 2.83. The minimum absolute atomic E-state index is 0.138. The van der Waals surface area contributed by atoms with Gasteiger partial charge in [0.2, 0.25) is 11.5 Å². The van der Waals surface area contributed by atoms with E-state index in [9.17, 15) is 4.79 Å². The molecule has 1 amide bonds. The molecule has 1 aliphatic heterocycles. The van der Waals surface area contributed by atoms with Crippen molar-refractivity contribution in [2.24, 2.45) is 0 Å². The van der Waals surface area contributed by atoms with Gasteiger partial charge in [-0.25, -0.2) is 19.9 Å². The van der Waals surface area contributed by atoms with Crippen LogP contribution < -0.4 is 4.74 Å². The van der Waals surface area contributed by atoms with E-state index in [4.69, 9.17) is 10.00 Å². The van der Waals surface area contributed by atoms with E-state index in [0.29, 0.717) is 19.5 Å². The molecular formula is C14H12N6O2. The highest BCUT2D eigenvalue weighted by molar-refractivity contribution is 5.90. The van der Waals surface area contributed by atoms with Crippen LogP contribution in [0, 0.1) is 11.3 Å². The number of nitrogens with zero attached hydrogens (tertiary/aromatic N) is 6. The van der Waals surface area contributed by atoms with Gasteiger partial charge in [0.1, 0.15) is 12.2 Å². The van der Waals surface area contributed by atoms with Crippen molar-refractivity contribution in [2.45, 2.75) is 12.5 Å². The largest absolute Gasteiger partial charge is 0.470 e. The molecule has 3 rings (SSSR count). The van der Waals surface area contributed by atoms with E-state index in [0.717, 1.165) is 0 Å². The SMILES string of the molecule is N#Cc1nccnc1O[C@H]1CCN(C(=O)c2ncccn2)C1. The Kier molecular flexibility index (Phi) is 3.87. The quantitative estimate of drug-likeness (QED) is 0.808. The van der Waals surface area contributed by atoms with E-state index in [-0.39, 0.29) is 29.4 Å². The van der Waals surface area contributed by atoms with Gasteiger partial charge in [-0.2, -0.15) is 5.26 Å². The molecule has 2 aromatic heterocycles. The van der Waals surface area contributed by atoms with Crippen LogP contribution in [-0.4, -0.2) is 49.9 Å². The van der Waals surface area contributed by atoms with Crippen molar-refractivity contribution in [3.8, 4) is 11.9 Å². The lowest BCUT2D eigenvalue weighted by molar-refractivity contribution is 0.0759. The van der Waals surface area contributed by atoms with Gasteiger partial charge in [0.05, 0.1) is 6.54 Å². The Morgan fingerprint density at radius 1 is 1.23 bits per heavy atom. The summed E-state index contributed by atoms with van der Waals surface area (Å²) in [6.07, 6.45) is 6.39. The summed E-state index contributed by atoms with van der Waals surface area (Å²) in [6.45, 7) is 0.947. The van der Waals surface area contributed by atoms with Gasteiger partial charge in [-0.05, 0) is 6.07 Å². The lowest BCUT2D eigenvalue weighted by Gasteiger charge is -2.16. The maximum atomic E-state index is 12.2. The van der Waals surface area contributed by atoms with E-state index in [1.165, 1.54) is 24.8 Å². The molecule has 8 heteroatoms. The minimum Gasteiger partial charge on any atom is -0.470 e. The van der Waals surface area contributed by atoms with Crippen molar-refractivity contribution in [2.75, 3.05) is 13.1 Å². The summed E-state index contributed by atoms with van der Waals surface area (Å²) in [5, 5.41) is 8.97. The maximum absolute atomic E-state index is 12.2. The number of likely N-dealkylation sites (tertiary alicyclic amines) is 1. The number of carbonyl (C=O) groups excluding carboxylic acids is 1. The molecule has 0 unspecified atom stereocenters. The van der Waals surface area contributed by atoms with Crippen molar-refractivity contribution in [3.05, 3.63) is 42.4 Å². The van der Waals surface area contributed by atoms with Crippen LogP contribution in [0.3, 0.4) is 0 Å². The van der Waals surface area contributed by atoms with Gasteiger partial charge in [0, 0.05) is 37.8 Å². The number of carbonyl (C=O) groups is 1. The molecule has 1 saturated heterocycles. The lowest BCUT2D eigenvalue weighted by Crippen LogP contribution is -2.32. The monoisotopic (exact) mass is 296 g/mol. The molecule has 0 aromatic carbocycles. The summed E-state index contributed by atoms with van der Waals surface area (Å²) in [6, 6.07) is 3.59. The van der Waals surface area contributed by atoms with E-state index < -0.39 is 0 Å². The summed E-state index contributed by atoms with van der Waals surface area (Å²) >= 11 is 0. The van der Waals surface area contributed by atoms with E-state index in [1.807, 2.05) is 6.07 Å². The first-order chi connectivity index (χ1) is 10.8. The second-order valence-corrected chi connectivity index (χ2v) is 4.67. The first kappa shape index (κ1) is 13.9. The number of ether oxygens (including phenoxy) is 1. The van der Waals surface area contributed by atoms with Gasteiger partial charge >= 0.3 is 0 Å². The van der Waals surface area contributed by atoms with Gasteiger partial charge in [0.25, 0.3) is 11.8 Å². The average Bonchev–Trinajstić information content (AvgIpc) is 3.04. The summed E-state index contributed by atoms with van der Waals surface area (Å²) in [5.41, 5.74) is 0.138. The van der Waals surface area contributed by atoms with Gasteiger partial charge in [-0.1, -0.05) is 0 Å². The fraction of sp³-hybridized carbons (Fsp3) is 0.286. The number of nitriles is 1. The van der Waals surface area contributed by atoms with Crippen LogP contribution in [0.15, 0.2) is 30.9 Å². The summed E-state index contributed by atoms with van der Waals surface area (Å²) in [7, 11) is 0. The fourth-order valence-corrected chi connectivity index (χ4v) is 2.21. The third-order valence-corrected chi connectivity index (χ3v) is 3.24. The minimum atomic E-state index is -0.230. The molecule has 1 fully saturated rings. The topological polar surface area (TPSA) is 105 Å². The maximum Gasteiger partial charge on any atom is 0.291 e. The van der Waals surface area contributed by atoms with Crippen LogP contribution in [0.2, 0.25) is 0 Å². The molecule has 0 aliphatic carbocycles. The van der Waals surface area contributed by atoms with Crippen LogP contribution in [0.5, 0.6) is 5.88 Å². The molecule has 1 atom stereocenters. The highest BCUT2D eigenvalue weighted by Crippen LogP contribution is 2.19. The van der Waals surface area contributed by atoms with Crippen molar-refractivity contribution in [1.82, 2.24) is 24.8 Å². The molecular weight excluding hydrogens is 284 g/mol. The van der Waals surface area contributed by atoms with Crippen LogP contribution >= 0.6 is 0 Å². The van der Waals surface area contributed by atoms with Gasteiger partial charge in [0.15, 0.2) is 0 Å². The Labute approximate surface area is 126 Å². The second-order valence-electron chi connectivity index (χ2n) is 4.67. The first-order valence-corrected chi connectivity index (χ1v) is 6.72. The molecule has 0 radical (unpaired) electrons. The number of amides is 1. The van der Waals surface area contributed by atoms with Crippen LogP contribution in [0.25, 0.3) is 0 Å². The Hall–Kier alpha value is -3.08. The van der Waals surface area contributed by atoms with Crippen LogP contribution in [0.4, 0.5) is 0 Å². The predicted molar refractivity (Wildman–Crippen MR) is 73.7 cm³/mol. The Morgan fingerprint density at radius 3 is 2.77 bits per heavy atom. The highest BCUT2D eigenvalue weighted by Gasteiger charge is 2.30. The zero-order chi connectivity index (χ0) is 15.4. The average molecular weight is 296 g/mol.